The van der Waals surface area contributed by atoms with Crippen LogP contribution in [0.25, 0.3) is 0 Å². The van der Waals surface area contributed by atoms with Crippen molar-refractivity contribution >= 4 is 38.4 Å². The lowest BCUT2D eigenvalue weighted by atomic mass is 10.0. The highest BCUT2D eigenvalue weighted by Gasteiger charge is 2.45. The van der Waals surface area contributed by atoms with E-state index < -0.39 is 15.4 Å². The van der Waals surface area contributed by atoms with Gasteiger partial charge < -0.3 is 4.43 Å². The van der Waals surface area contributed by atoms with Crippen molar-refractivity contribution in [1.29, 1.82) is 0 Å². The predicted molar refractivity (Wildman–Crippen MR) is 94.7 cm³/mol. The van der Waals surface area contributed by atoms with Crippen LogP contribution >= 0.6 is 0 Å². The summed E-state index contributed by atoms with van der Waals surface area (Å²) in [5.74, 6) is 0. The fourth-order valence-corrected chi connectivity index (χ4v) is 64.5. The second kappa shape index (κ2) is 6.22. The van der Waals surface area contributed by atoms with E-state index in [1.54, 1.807) is 18.0 Å². The van der Waals surface area contributed by atoms with E-state index in [1.807, 2.05) is 0 Å². The summed E-state index contributed by atoms with van der Waals surface area (Å²) in [6.45, 7) is 2.69. The van der Waals surface area contributed by atoms with Crippen LogP contribution in [0.3, 0.4) is 0 Å². The Morgan fingerprint density at radius 3 is 2.63 bits per heavy atom. The molecule has 2 fully saturated rings. The van der Waals surface area contributed by atoms with Gasteiger partial charge >= 0.3 is 0 Å². The van der Waals surface area contributed by atoms with Gasteiger partial charge in [0.1, 0.15) is 9.28 Å². The summed E-state index contributed by atoms with van der Waals surface area (Å²) in [5, 5.41) is 1.73. The number of rotatable bonds is 2. The minimum Gasteiger partial charge on any atom is -0.431 e. The van der Waals surface area contributed by atoms with Gasteiger partial charge in [0.25, 0.3) is 0 Å². The fraction of sp³-hybridized carbons (Fsp3) is 0.571. The van der Waals surface area contributed by atoms with E-state index in [0.29, 0.717) is 0 Å². The van der Waals surface area contributed by atoms with Crippen molar-refractivity contribution in [2.75, 3.05) is 6.23 Å². The van der Waals surface area contributed by atoms with E-state index in [9.17, 15) is 0 Å². The summed E-state index contributed by atoms with van der Waals surface area (Å²) in [5.41, 5.74) is 1.22. The zero-order valence-electron chi connectivity index (χ0n) is 12.1. The molecule has 0 N–H and O–H groups in total. The van der Waals surface area contributed by atoms with E-state index >= 15 is 0 Å². The van der Waals surface area contributed by atoms with Gasteiger partial charge in [-0.05, 0) is 0 Å². The van der Waals surface area contributed by atoms with Crippen LogP contribution in [0.15, 0.2) is 30.3 Å². The molecule has 1 aromatic rings. The summed E-state index contributed by atoms with van der Waals surface area (Å²) in [4.78, 5) is 0. The van der Waals surface area contributed by atoms with Gasteiger partial charge in [-0.3, -0.25) is 0 Å². The van der Waals surface area contributed by atoms with Crippen LogP contribution in [0, 0.1) is 0 Å². The first kappa shape index (κ1) is 14.0. The second-order valence-electron chi connectivity index (χ2n) is 6.63. The molecule has 1 heterocycles. The minimum atomic E-state index is -1.22. The first-order valence-electron chi connectivity index (χ1n) is 7.94. The average Bonchev–Trinajstić information content (AvgIpc) is 2.49. The highest BCUT2D eigenvalue weighted by molar-refractivity contribution is 7.64. The molecule has 1 nitrogen and oxygen atoms in total. The van der Waals surface area contributed by atoms with Gasteiger partial charge in [0.05, 0.1) is 7.59 Å². The molecule has 2 unspecified atom stereocenters. The van der Waals surface area contributed by atoms with Crippen LogP contribution in [0.5, 0.6) is 0 Å². The Kier molecular flexibility index (Phi) is 4.58. The SMILES string of the molecule is C[Si]1(c2ccccc2)CO[SiH2][SiH2][SiH]1C1CCCCC1. The highest BCUT2D eigenvalue weighted by atomic mass is 29.8. The van der Waals surface area contributed by atoms with Crippen LogP contribution < -0.4 is 5.19 Å². The molecule has 19 heavy (non-hydrogen) atoms. The highest BCUT2D eigenvalue weighted by Crippen LogP contribution is 2.34. The molecule has 5 heteroatoms. The molecule has 3 rings (SSSR count). The topological polar surface area (TPSA) is 9.23 Å². The number of benzene rings is 1. The summed E-state index contributed by atoms with van der Waals surface area (Å²) < 4.78 is 6.16. The Balaban J connectivity index is 1.87. The lowest BCUT2D eigenvalue weighted by molar-refractivity contribution is 0.414. The first-order chi connectivity index (χ1) is 9.31. The molecular formula is C14H26OSi4. The van der Waals surface area contributed by atoms with Crippen molar-refractivity contribution in [3.05, 3.63) is 30.3 Å². The van der Waals surface area contributed by atoms with E-state index in [4.69, 9.17) is 4.43 Å². The lowest BCUT2D eigenvalue weighted by Crippen LogP contribution is -2.70. The monoisotopic (exact) mass is 322 g/mol. The standard InChI is InChI=1S/C14H26OSi4/c1-19(14-10-6-3-7-11-14)12-15-16-17-18(19)13-8-4-2-5-9-13/h3,6-7,10-11,13,18H,2,4-5,8-9,12,16-17H2,1H3. The molecule has 0 amide bonds. The zero-order chi connectivity index (χ0) is 13.1. The molecule has 2 atom stereocenters. The average molecular weight is 323 g/mol. The van der Waals surface area contributed by atoms with Gasteiger partial charge in [-0.25, -0.2) is 0 Å². The summed E-state index contributed by atoms with van der Waals surface area (Å²) >= 11 is 0. The molecule has 1 saturated carbocycles. The normalized spacial score (nSPS) is 35.7. The first-order valence-corrected chi connectivity index (χ1v) is 21.0. The lowest BCUT2D eigenvalue weighted by Gasteiger charge is -2.44. The van der Waals surface area contributed by atoms with E-state index in [1.165, 1.54) is 31.0 Å². The van der Waals surface area contributed by atoms with Gasteiger partial charge in [-0.2, -0.15) is 0 Å². The largest absolute Gasteiger partial charge is 0.431 e. The fourth-order valence-electron chi connectivity index (χ4n) is 4.33. The molecule has 1 aromatic carbocycles. The third-order valence-corrected chi connectivity index (χ3v) is 50.0. The van der Waals surface area contributed by atoms with Crippen LogP contribution in [0.4, 0.5) is 0 Å². The number of hydrogen-bond donors (Lipinski definition) is 0. The number of hydrogen-bond acceptors (Lipinski definition) is 1. The predicted octanol–water partition coefficient (Wildman–Crippen LogP) is 0.846. The molecular weight excluding hydrogens is 296 g/mol. The van der Waals surface area contributed by atoms with Crippen molar-refractivity contribution in [3.8, 4) is 0 Å². The molecule has 0 spiro atoms. The van der Waals surface area contributed by atoms with Crippen LogP contribution in [-0.2, 0) is 4.43 Å². The van der Waals surface area contributed by atoms with Gasteiger partial charge in [0, 0.05) is 22.6 Å². The molecule has 1 aliphatic carbocycles. The van der Waals surface area contributed by atoms with Gasteiger partial charge in [0.2, 0.25) is 0 Å². The molecule has 0 bridgehead atoms. The maximum absolute atomic E-state index is 6.16. The molecule has 1 aliphatic heterocycles. The Hall–Kier alpha value is 0.0475. The molecule has 2 aliphatic rings. The van der Waals surface area contributed by atoms with Crippen molar-refractivity contribution in [2.24, 2.45) is 0 Å². The third kappa shape index (κ3) is 2.90. The Labute approximate surface area is 123 Å². The Bertz CT molecular complexity index is 407. The maximum Gasteiger partial charge on any atom is 0.139 e. The minimum absolute atomic E-state index is 0.0223. The molecule has 0 aromatic heterocycles. The maximum atomic E-state index is 6.16. The van der Waals surface area contributed by atoms with Crippen LogP contribution in [0.1, 0.15) is 32.1 Å². The molecule has 104 valence electrons. The summed E-state index contributed by atoms with van der Waals surface area (Å²) in [7, 11) is -1.44. The summed E-state index contributed by atoms with van der Waals surface area (Å²) in [6.07, 6.45) is 8.95. The zero-order valence-corrected chi connectivity index (χ0v) is 17.1. The van der Waals surface area contributed by atoms with Gasteiger partial charge in [-0.15, -0.1) is 0 Å². The van der Waals surface area contributed by atoms with Gasteiger partial charge in [0.15, 0.2) is 0 Å². The van der Waals surface area contributed by atoms with Crippen molar-refractivity contribution < 1.29 is 4.43 Å². The van der Waals surface area contributed by atoms with Crippen molar-refractivity contribution in [1.82, 2.24) is 0 Å². The van der Waals surface area contributed by atoms with Crippen LogP contribution in [-0.4, -0.2) is 39.5 Å². The third-order valence-electron chi connectivity index (χ3n) is 5.45. The van der Waals surface area contributed by atoms with Crippen LogP contribution in [0.2, 0.25) is 12.1 Å². The Morgan fingerprint density at radius 1 is 1.16 bits per heavy atom. The quantitative estimate of drug-likeness (QED) is 0.734. The molecule has 0 radical (unpaired) electrons. The molecule has 1 saturated heterocycles. The smallest absolute Gasteiger partial charge is 0.139 e. The summed E-state index contributed by atoms with van der Waals surface area (Å²) in [6, 6.07) is 11.6. The Morgan fingerprint density at radius 2 is 1.89 bits per heavy atom. The van der Waals surface area contributed by atoms with E-state index in [0.717, 1.165) is 0 Å². The van der Waals surface area contributed by atoms with Gasteiger partial charge in [-0.1, -0.05) is 79.7 Å². The van der Waals surface area contributed by atoms with Crippen molar-refractivity contribution in [2.45, 2.75) is 44.2 Å². The van der Waals surface area contributed by atoms with E-state index in [-0.39, 0.29) is 17.8 Å². The second-order valence-corrected chi connectivity index (χ2v) is 33.2. The van der Waals surface area contributed by atoms with Crippen molar-refractivity contribution in [3.63, 3.8) is 0 Å². The van der Waals surface area contributed by atoms with E-state index in [2.05, 4.69) is 36.9 Å².